The predicted octanol–water partition coefficient (Wildman–Crippen LogP) is 6.10. The number of likely N-dealkylation sites (tertiary alicyclic amines) is 1. The lowest BCUT2D eigenvalue weighted by Crippen LogP contribution is -2.41. The molecule has 1 amide bonds. The molecule has 0 saturated carbocycles. The summed E-state index contributed by atoms with van der Waals surface area (Å²) in [6.45, 7) is 8.77. The Bertz CT molecular complexity index is 1880. The Morgan fingerprint density at radius 2 is 1.89 bits per heavy atom. The fourth-order valence-corrected chi connectivity index (χ4v) is 5.39. The maximum Gasteiger partial charge on any atom is 0.245 e. The van der Waals surface area contributed by atoms with Gasteiger partial charge in [0.05, 0.1) is 35.9 Å². The lowest BCUT2D eigenvalue weighted by Gasteiger charge is -2.32. The van der Waals surface area contributed by atoms with E-state index in [1.165, 1.54) is 18.5 Å². The Morgan fingerprint density at radius 1 is 1.07 bits per heavy atom. The highest BCUT2D eigenvalue weighted by atomic mass is 19.1. The van der Waals surface area contributed by atoms with Gasteiger partial charge in [0.1, 0.15) is 29.5 Å². The molecule has 3 aromatic heterocycles. The van der Waals surface area contributed by atoms with Crippen LogP contribution in [0.15, 0.2) is 73.8 Å². The molecular weight excluding hydrogens is 575 g/mol. The summed E-state index contributed by atoms with van der Waals surface area (Å²) in [5.41, 5.74) is 4.40. The third-order valence-electron chi connectivity index (χ3n) is 7.74. The lowest BCUT2D eigenvalue weighted by atomic mass is 10.0. The van der Waals surface area contributed by atoms with Gasteiger partial charge < -0.3 is 25.0 Å². The van der Waals surface area contributed by atoms with E-state index >= 15 is 4.39 Å². The molecule has 1 aliphatic rings. The molecule has 0 unspecified atom stereocenters. The molecule has 0 aliphatic carbocycles. The number of halogens is 1. The van der Waals surface area contributed by atoms with Crippen LogP contribution in [-0.2, 0) is 4.79 Å². The number of aryl methyl sites for hydroxylation is 2. The van der Waals surface area contributed by atoms with Crippen molar-refractivity contribution >= 4 is 34.0 Å². The molecule has 12 heteroatoms. The number of ether oxygens (including phenoxy) is 2. The second-order valence-electron chi connectivity index (χ2n) is 10.8. The molecule has 2 aromatic carbocycles. The van der Waals surface area contributed by atoms with E-state index in [2.05, 4.69) is 37.3 Å². The van der Waals surface area contributed by atoms with Gasteiger partial charge in [-0.15, -0.1) is 5.10 Å². The van der Waals surface area contributed by atoms with Gasteiger partial charge in [-0.25, -0.2) is 19.0 Å². The van der Waals surface area contributed by atoms with Crippen LogP contribution in [0.1, 0.15) is 24.1 Å². The number of piperidine rings is 1. The Hall–Kier alpha value is -5.52. The molecule has 0 bridgehead atoms. The molecule has 11 nitrogen and oxygen atoms in total. The molecular formula is C33H33FN8O3. The molecule has 1 saturated heterocycles. The molecule has 45 heavy (non-hydrogen) atoms. The van der Waals surface area contributed by atoms with Crippen molar-refractivity contribution in [1.29, 1.82) is 0 Å². The smallest absolute Gasteiger partial charge is 0.245 e. The number of anilines is 3. The molecule has 6 rings (SSSR count). The zero-order valence-electron chi connectivity index (χ0n) is 25.2. The van der Waals surface area contributed by atoms with Crippen LogP contribution in [0.4, 0.5) is 21.6 Å². The molecule has 0 atom stereocenters. The van der Waals surface area contributed by atoms with Gasteiger partial charge in [-0.2, -0.15) is 0 Å². The molecule has 1 aliphatic heterocycles. The Morgan fingerprint density at radius 3 is 2.62 bits per heavy atom. The number of carbonyl (C=O) groups excluding carboxylic acids is 1. The third kappa shape index (κ3) is 6.40. The average Bonchev–Trinajstić information content (AvgIpc) is 3.50. The molecule has 5 aromatic rings. The zero-order valence-corrected chi connectivity index (χ0v) is 25.2. The third-order valence-corrected chi connectivity index (χ3v) is 7.74. The van der Waals surface area contributed by atoms with E-state index in [1.54, 1.807) is 47.3 Å². The Labute approximate surface area is 259 Å². The summed E-state index contributed by atoms with van der Waals surface area (Å²) in [7, 11) is 1.60. The maximum absolute atomic E-state index is 15.3. The molecule has 1 fully saturated rings. The first-order valence-electron chi connectivity index (χ1n) is 14.6. The summed E-state index contributed by atoms with van der Waals surface area (Å²) in [5.74, 6) is 1.10. The highest BCUT2D eigenvalue weighted by Crippen LogP contribution is 2.35. The fourth-order valence-electron chi connectivity index (χ4n) is 5.39. The number of methoxy groups -OCH3 is 1. The SMILES string of the molecule is C=CC(=O)N1CCC(Nc2cc3c(Nc4ccc(Oc5ccn(-c6cnc(C)cc6C)n5)cc4F)ncnc3cc2OC)CC1. The van der Waals surface area contributed by atoms with Crippen molar-refractivity contribution in [1.82, 2.24) is 29.6 Å². The van der Waals surface area contributed by atoms with Crippen molar-refractivity contribution in [3.63, 3.8) is 0 Å². The number of fused-ring (bicyclic) bond motifs is 1. The van der Waals surface area contributed by atoms with E-state index < -0.39 is 5.82 Å². The minimum atomic E-state index is -0.523. The largest absolute Gasteiger partial charge is 0.495 e. The van der Waals surface area contributed by atoms with E-state index in [0.29, 0.717) is 47.2 Å². The monoisotopic (exact) mass is 608 g/mol. The van der Waals surface area contributed by atoms with Crippen molar-refractivity contribution in [3.05, 3.63) is 90.9 Å². The van der Waals surface area contributed by atoms with Gasteiger partial charge in [0, 0.05) is 54.6 Å². The number of benzene rings is 2. The van der Waals surface area contributed by atoms with Gasteiger partial charge >= 0.3 is 0 Å². The summed E-state index contributed by atoms with van der Waals surface area (Å²) in [6, 6.07) is 12.1. The summed E-state index contributed by atoms with van der Waals surface area (Å²) in [5, 5.41) is 11.8. The van der Waals surface area contributed by atoms with Crippen LogP contribution in [0.3, 0.4) is 0 Å². The second-order valence-corrected chi connectivity index (χ2v) is 10.8. The normalized spacial score (nSPS) is 13.5. The highest BCUT2D eigenvalue weighted by molar-refractivity contribution is 5.95. The summed E-state index contributed by atoms with van der Waals surface area (Å²) in [6.07, 6.45) is 7.84. The Balaban J connectivity index is 1.19. The van der Waals surface area contributed by atoms with Crippen LogP contribution < -0.4 is 20.1 Å². The number of nitrogens with one attached hydrogen (secondary N) is 2. The number of hydrogen-bond donors (Lipinski definition) is 2. The van der Waals surface area contributed by atoms with Gasteiger partial charge in [-0.3, -0.25) is 9.78 Å². The maximum atomic E-state index is 15.3. The van der Waals surface area contributed by atoms with E-state index in [4.69, 9.17) is 9.47 Å². The predicted molar refractivity (Wildman–Crippen MR) is 170 cm³/mol. The van der Waals surface area contributed by atoms with Gasteiger partial charge in [0.15, 0.2) is 0 Å². The van der Waals surface area contributed by atoms with Crippen molar-refractivity contribution in [2.24, 2.45) is 0 Å². The van der Waals surface area contributed by atoms with Gasteiger partial charge in [-0.05, 0) is 62.6 Å². The summed E-state index contributed by atoms with van der Waals surface area (Å²) < 4.78 is 28.5. The molecule has 0 spiro atoms. The molecule has 2 N–H and O–H groups in total. The molecule has 230 valence electrons. The van der Waals surface area contributed by atoms with Crippen molar-refractivity contribution in [2.45, 2.75) is 32.7 Å². The highest BCUT2D eigenvalue weighted by Gasteiger charge is 2.23. The molecule has 0 radical (unpaired) electrons. The minimum absolute atomic E-state index is 0.0573. The average molecular weight is 609 g/mol. The van der Waals surface area contributed by atoms with Gasteiger partial charge in [0.25, 0.3) is 0 Å². The fraction of sp³-hybridized carbons (Fsp3) is 0.242. The van der Waals surface area contributed by atoms with E-state index in [0.717, 1.165) is 35.5 Å². The zero-order chi connectivity index (χ0) is 31.5. The number of rotatable bonds is 9. The van der Waals surface area contributed by atoms with Crippen molar-refractivity contribution in [3.8, 4) is 23.1 Å². The number of nitrogens with zero attached hydrogens (tertiary/aromatic N) is 6. The number of pyridine rings is 1. The Kier molecular flexibility index (Phi) is 8.28. The van der Waals surface area contributed by atoms with Gasteiger partial charge in [0.2, 0.25) is 11.8 Å². The van der Waals surface area contributed by atoms with Crippen molar-refractivity contribution < 1.29 is 18.7 Å². The number of aromatic nitrogens is 5. The van der Waals surface area contributed by atoms with Crippen LogP contribution in [0.25, 0.3) is 16.6 Å². The van der Waals surface area contributed by atoms with Crippen LogP contribution in [0.5, 0.6) is 17.4 Å². The van der Waals surface area contributed by atoms with E-state index in [-0.39, 0.29) is 17.6 Å². The number of amides is 1. The van der Waals surface area contributed by atoms with Crippen LogP contribution in [0, 0.1) is 19.7 Å². The lowest BCUT2D eigenvalue weighted by molar-refractivity contribution is -0.126. The van der Waals surface area contributed by atoms with Crippen molar-refractivity contribution in [2.75, 3.05) is 30.8 Å². The van der Waals surface area contributed by atoms with E-state index in [9.17, 15) is 4.79 Å². The number of carbonyl (C=O) groups is 1. The quantitative estimate of drug-likeness (QED) is 0.191. The molecule has 4 heterocycles. The number of hydrogen-bond acceptors (Lipinski definition) is 9. The van der Waals surface area contributed by atoms with Crippen LogP contribution >= 0.6 is 0 Å². The summed E-state index contributed by atoms with van der Waals surface area (Å²) in [4.78, 5) is 26.9. The second kappa shape index (κ2) is 12.6. The van der Waals surface area contributed by atoms with Crippen LogP contribution in [-0.4, -0.2) is 61.8 Å². The van der Waals surface area contributed by atoms with E-state index in [1.807, 2.05) is 32.0 Å². The standard InChI is InChI=1S/C33H33FN8O3/c1-5-32(43)41-11-8-22(9-12-41)38-28-16-24-27(17-30(28)44-4)36-19-37-33(24)39-26-7-6-23(15-25(26)34)45-31-10-13-42(40-31)29-18-35-21(3)14-20(29)2/h5-7,10,13-19,22,38H,1,8-9,11-12H2,2-4H3,(H,36,37,39). The minimum Gasteiger partial charge on any atom is -0.495 e. The van der Waals surface area contributed by atoms with Gasteiger partial charge in [-0.1, -0.05) is 6.58 Å². The van der Waals surface area contributed by atoms with Crippen LogP contribution in [0.2, 0.25) is 0 Å². The summed E-state index contributed by atoms with van der Waals surface area (Å²) >= 11 is 0. The topological polar surface area (TPSA) is 119 Å². The first-order valence-corrected chi connectivity index (χ1v) is 14.6. The first-order chi connectivity index (χ1) is 21.8. The first kappa shape index (κ1) is 29.5.